The molecule has 10 heteroatoms. The maximum absolute atomic E-state index is 13.7. The highest BCUT2D eigenvalue weighted by molar-refractivity contribution is 9.10. The number of aliphatic carboxylic acids is 1. The molecule has 0 atom stereocenters. The quantitative estimate of drug-likeness (QED) is 0.255. The van der Waals surface area contributed by atoms with Crippen LogP contribution < -0.4 is 10.2 Å². The van der Waals surface area contributed by atoms with E-state index in [1.54, 1.807) is 12.1 Å². The predicted octanol–water partition coefficient (Wildman–Crippen LogP) is 3.30. The standard InChI is InChI=1S/C23H36BrFN4O4/c1-23(2,3)33-21(32)13-26-11-12-29(15-20(30)31)17-7-5-16(6-8-17)14-28(4)19-10-9-18(24)22(25)27-19/h9-10,16-17,26H,5-8,11-15H2,1-4H3,(H,30,31). The number of ether oxygens (including phenoxy) is 1. The molecule has 0 radical (unpaired) electrons. The maximum Gasteiger partial charge on any atom is 0.320 e. The highest BCUT2D eigenvalue weighted by Crippen LogP contribution is 2.29. The topological polar surface area (TPSA) is 95.0 Å². The summed E-state index contributed by atoms with van der Waals surface area (Å²) >= 11 is 3.13. The Hall–Kier alpha value is -1.78. The summed E-state index contributed by atoms with van der Waals surface area (Å²) in [5.41, 5.74) is -0.525. The molecule has 1 fully saturated rings. The average molecular weight is 531 g/mol. The number of hydrogen-bond acceptors (Lipinski definition) is 7. The molecule has 1 heterocycles. The normalized spacial score (nSPS) is 18.9. The molecule has 0 amide bonds. The van der Waals surface area contributed by atoms with E-state index in [0.717, 1.165) is 32.2 Å². The monoisotopic (exact) mass is 530 g/mol. The highest BCUT2D eigenvalue weighted by Gasteiger charge is 2.28. The van der Waals surface area contributed by atoms with Crippen LogP contribution in [0.4, 0.5) is 10.2 Å². The summed E-state index contributed by atoms with van der Waals surface area (Å²) in [7, 11) is 1.91. The minimum atomic E-state index is -0.854. The zero-order valence-electron chi connectivity index (χ0n) is 19.9. The number of pyridine rings is 1. The van der Waals surface area contributed by atoms with Gasteiger partial charge in [-0.3, -0.25) is 14.5 Å². The second kappa shape index (κ2) is 12.6. The van der Waals surface area contributed by atoms with Crippen molar-refractivity contribution >= 4 is 33.7 Å². The largest absolute Gasteiger partial charge is 0.480 e. The number of carbonyl (C=O) groups excluding carboxylic acids is 1. The van der Waals surface area contributed by atoms with E-state index in [0.29, 0.717) is 29.3 Å². The summed E-state index contributed by atoms with van der Waals surface area (Å²) in [5.74, 6) is -0.657. The molecule has 1 saturated carbocycles. The smallest absolute Gasteiger partial charge is 0.320 e. The van der Waals surface area contributed by atoms with Crippen LogP contribution in [0.5, 0.6) is 0 Å². The number of aromatic nitrogens is 1. The summed E-state index contributed by atoms with van der Waals surface area (Å²) in [6.07, 6.45) is 3.74. The molecule has 0 unspecified atom stereocenters. The number of carboxylic acid groups (broad SMARTS) is 1. The molecule has 2 rings (SSSR count). The molecule has 33 heavy (non-hydrogen) atoms. The van der Waals surface area contributed by atoms with Gasteiger partial charge in [0.15, 0.2) is 0 Å². The van der Waals surface area contributed by atoms with Gasteiger partial charge in [0.2, 0.25) is 5.95 Å². The molecule has 2 N–H and O–H groups in total. The lowest BCUT2D eigenvalue weighted by Gasteiger charge is -2.37. The van der Waals surface area contributed by atoms with Crippen LogP contribution in [-0.4, -0.2) is 78.3 Å². The third kappa shape index (κ3) is 9.93. The second-order valence-corrected chi connectivity index (χ2v) is 10.5. The van der Waals surface area contributed by atoms with Crippen LogP contribution in [0.2, 0.25) is 0 Å². The van der Waals surface area contributed by atoms with Gasteiger partial charge in [-0.2, -0.15) is 4.39 Å². The number of esters is 1. The van der Waals surface area contributed by atoms with Crippen LogP contribution in [0.15, 0.2) is 16.6 Å². The Bertz CT molecular complexity index is 797. The zero-order chi connectivity index (χ0) is 24.6. The molecular weight excluding hydrogens is 495 g/mol. The Balaban J connectivity index is 1.79. The summed E-state index contributed by atoms with van der Waals surface area (Å²) in [4.78, 5) is 31.1. The molecule has 186 valence electrons. The van der Waals surface area contributed by atoms with E-state index in [4.69, 9.17) is 4.74 Å². The molecule has 8 nitrogen and oxygen atoms in total. The van der Waals surface area contributed by atoms with Gasteiger partial charge >= 0.3 is 11.9 Å². The van der Waals surface area contributed by atoms with Crippen molar-refractivity contribution in [2.24, 2.45) is 5.92 Å². The van der Waals surface area contributed by atoms with Crippen molar-refractivity contribution in [2.75, 3.05) is 44.7 Å². The zero-order valence-corrected chi connectivity index (χ0v) is 21.5. The average Bonchev–Trinajstić information content (AvgIpc) is 2.71. The Morgan fingerprint density at radius 3 is 2.52 bits per heavy atom. The van der Waals surface area contributed by atoms with E-state index in [9.17, 15) is 19.1 Å². The second-order valence-electron chi connectivity index (χ2n) is 9.62. The number of hydrogen-bond donors (Lipinski definition) is 2. The van der Waals surface area contributed by atoms with Gasteiger partial charge in [0.25, 0.3) is 0 Å². The number of nitrogens with zero attached hydrogens (tertiary/aromatic N) is 3. The fourth-order valence-corrected chi connectivity index (χ4v) is 4.37. The van der Waals surface area contributed by atoms with Crippen LogP contribution in [0, 0.1) is 11.9 Å². The summed E-state index contributed by atoms with van der Waals surface area (Å²) in [6.45, 7) is 7.37. The van der Waals surface area contributed by atoms with Crippen molar-refractivity contribution in [3.63, 3.8) is 0 Å². The van der Waals surface area contributed by atoms with Crippen LogP contribution in [0.3, 0.4) is 0 Å². The minimum Gasteiger partial charge on any atom is -0.480 e. The number of anilines is 1. The van der Waals surface area contributed by atoms with Gasteiger partial charge in [0.05, 0.1) is 17.6 Å². The van der Waals surface area contributed by atoms with Crippen molar-refractivity contribution < 1.29 is 23.8 Å². The van der Waals surface area contributed by atoms with Gasteiger partial charge in [-0.1, -0.05) is 0 Å². The molecule has 1 aromatic rings. The van der Waals surface area contributed by atoms with Crippen molar-refractivity contribution in [3.8, 4) is 0 Å². The number of carboxylic acids is 1. The van der Waals surface area contributed by atoms with Crippen LogP contribution in [0.25, 0.3) is 0 Å². The summed E-state index contributed by atoms with van der Waals surface area (Å²) < 4.78 is 19.4. The first-order valence-electron chi connectivity index (χ1n) is 11.4. The number of carbonyl (C=O) groups is 2. The molecule has 1 aromatic heterocycles. The minimum absolute atomic E-state index is 0.0224. The lowest BCUT2D eigenvalue weighted by atomic mass is 9.85. The third-order valence-electron chi connectivity index (χ3n) is 5.65. The first kappa shape index (κ1) is 27.5. The molecular formula is C23H36BrFN4O4. The first-order chi connectivity index (χ1) is 15.4. The van der Waals surface area contributed by atoms with Crippen LogP contribution in [0.1, 0.15) is 46.5 Å². The fourth-order valence-electron chi connectivity index (χ4n) is 4.15. The van der Waals surface area contributed by atoms with E-state index in [1.165, 1.54) is 0 Å². The van der Waals surface area contributed by atoms with E-state index >= 15 is 0 Å². The number of rotatable bonds is 11. The van der Waals surface area contributed by atoms with Crippen LogP contribution >= 0.6 is 15.9 Å². The lowest BCUT2D eigenvalue weighted by molar-refractivity contribution is -0.153. The molecule has 0 aliphatic heterocycles. The van der Waals surface area contributed by atoms with E-state index < -0.39 is 17.5 Å². The Labute approximate surface area is 204 Å². The number of nitrogens with one attached hydrogen (secondary N) is 1. The molecule has 0 saturated heterocycles. The molecule has 1 aliphatic rings. The highest BCUT2D eigenvalue weighted by atomic mass is 79.9. The summed E-state index contributed by atoms with van der Waals surface area (Å²) in [6, 6.07) is 3.64. The molecule has 0 aromatic carbocycles. The summed E-state index contributed by atoms with van der Waals surface area (Å²) in [5, 5.41) is 12.4. The van der Waals surface area contributed by atoms with Gasteiger partial charge in [-0.25, -0.2) is 4.98 Å². The molecule has 1 aliphatic carbocycles. The van der Waals surface area contributed by atoms with Crippen LogP contribution in [-0.2, 0) is 14.3 Å². The van der Waals surface area contributed by atoms with Gasteiger partial charge < -0.3 is 20.1 Å². The van der Waals surface area contributed by atoms with Gasteiger partial charge in [-0.05, 0) is 80.4 Å². The Kier molecular flexibility index (Phi) is 10.5. The maximum atomic E-state index is 13.7. The van der Waals surface area contributed by atoms with Crippen molar-refractivity contribution in [2.45, 2.75) is 58.1 Å². The Morgan fingerprint density at radius 1 is 1.27 bits per heavy atom. The molecule has 0 spiro atoms. The van der Waals surface area contributed by atoms with Gasteiger partial charge in [-0.15, -0.1) is 0 Å². The van der Waals surface area contributed by atoms with Crippen molar-refractivity contribution in [1.82, 2.24) is 15.2 Å². The van der Waals surface area contributed by atoms with E-state index in [1.807, 2.05) is 37.6 Å². The fraction of sp³-hybridized carbons (Fsp3) is 0.696. The van der Waals surface area contributed by atoms with Gasteiger partial charge in [0.1, 0.15) is 11.4 Å². The Morgan fingerprint density at radius 2 is 1.94 bits per heavy atom. The lowest BCUT2D eigenvalue weighted by Crippen LogP contribution is -2.45. The first-order valence-corrected chi connectivity index (χ1v) is 12.2. The molecule has 0 bridgehead atoms. The van der Waals surface area contributed by atoms with Gasteiger partial charge in [0, 0.05) is 32.7 Å². The SMILES string of the molecule is CN(CC1CCC(N(CCNCC(=O)OC(C)(C)C)CC(=O)O)CC1)c1ccc(Br)c(F)n1. The van der Waals surface area contributed by atoms with E-state index in [-0.39, 0.29) is 25.1 Å². The van der Waals surface area contributed by atoms with E-state index in [2.05, 4.69) is 26.2 Å². The van der Waals surface area contributed by atoms with Crippen molar-refractivity contribution in [1.29, 1.82) is 0 Å². The van der Waals surface area contributed by atoms with Crippen molar-refractivity contribution in [3.05, 3.63) is 22.6 Å². The third-order valence-corrected chi connectivity index (χ3v) is 6.24. The number of halogens is 2. The predicted molar refractivity (Wildman–Crippen MR) is 129 cm³/mol.